The minimum absolute atomic E-state index is 0.0985. The number of carbonyl (C=O) groups excluding carboxylic acids is 2. The van der Waals surface area contributed by atoms with E-state index in [-0.39, 0.29) is 25.3 Å². The lowest BCUT2D eigenvalue weighted by Gasteiger charge is -2.21. The van der Waals surface area contributed by atoms with Crippen molar-refractivity contribution >= 4 is 41.2 Å². The molecule has 2 aromatic carbocycles. The Morgan fingerprint density at radius 1 is 1.11 bits per heavy atom. The van der Waals surface area contributed by atoms with Gasteiger partial charge < -0.3 is 26.8 Å². The van der Waals surface area contributed by atoms with Crippen molar-refractivity contribution in [3.8, 4) is 0 Å². The van der Waals surface area contributed by atoms with Crippen molar-refractivity contribution in [2.75, 3.05) is 6.54 Å². The van der Waals surface area contributed by atoms with E-state index in [1.165, 1.54) is 0 Å². The minimum Gasteiger partial charge on any atom is -0.480 e. The monoisotopic (exact) mass is 501 g/mol. The number of nitrogens with one attached hydrogen (secondary N) is 4. The first kappa shape index (κ1) is 27.3. The van der Waals surface area contributed by atoms with Crippen molar-refractivity contribution in [2.45, 2.75) is 38.3 Å². The van der Waals surface area contributed by atoms with Gasteiger partial charge in [-0.3, -0.25) is 10.2 Å². The molecule has 2 aromatic rings. The number of guanidine groups is 1. The number of hydrogen-bond donors (Lipinski definition) is 6. The maximum Gasteiger partial charge on any atom is 0.360 e. The van der Waals surface area contributed by atoms with Crippen molar-refractivity contribution in [1.29, 1.82) is 5.41 Å². The van der Waals surface area contributed by atoms with Crippen LogP contribution in [0, 0.1) is 12.3 Å². The van der Waals surface area contributed by atoms with Gasteiger partial charge in [0.15, 0.2) is 5.96 Å². The fraction of sp³-hybridized carbons (Fsp3) is 0.304. The molecule has 3 amide bonds. The van der Waals surface area contributed by atoms with Gasteiger partial charge >= 0.3 is 12.0 Å². The minimum atomic E-state index is -1.22. The molecule has 186 valence electrons. The van der Waals surface area contributed by atoms with Gasteiger partial charge in [0.05, 0.1) is 5.69 Å². The van der Waals surface area contributed by atoms with Crippen LogP contribution in [0.5, 0.6) is 0 Å². The van der Waals surface area contributed by atoms with Gasteiger partial charge in [-0.25, -0.2) is 9.59 Å². The molecule has 0 heterocycles. The zero-order valence-corrected chi connectivity index (χ0v) is 19.9. The van der Waals surface area contributed by atoms with Gasteiger partial charge in [0.1, 0.15) is 12.1 Å². The summed E-state index contributed by atoms with van der Waals surface area (Å²) in [6.45, 7) is 2.11. The Morgan fingerprint density at radius 2 is 1.83 bits per heavy atom. The average Bonchev–Trinajstić information content (AvgIpc) is 2.81. The predicted octanol–water partition coefficient (Wildman–Crippen LogP) is 2.89. The molecule has 12 heteroatoms. The second kappa shape index (κ2) is 13.7. The molecular formula is C23H28ClN7O4. The number of amides is 3. The molecule has 0 aromatic heterocycles. The number of benzene rings is 2. The zero-order chi connectivity index (χ0) is 25.8. The van der Waals surface area contributed by atoms with Crippen LogP contribution in [-0.2, 0) is 16.0 Å². The van der Waals surface area contributed by atoms with E-state index in [1.807, 2.05) is 13.0 Å². The van der Waals surface area contributed by atoms with Gasteiger partial charge in [-0.1, -0.05) is 53.1 Å². The van der Waals surface area contributed by atoms with Crippen LogP contribution in [0.1, 0.15) is 24.0 Å². The van der Waals surface area contributed by atoms with Gasteiger partial charge in [-0.15, -0.1) is 5.11 Å². The molecule has 0 spiro atoms. The first-order chi connectivity index (χ1) is 16.7. The smallest absolute Gasteiger partial charge is 0.360 e. The van der Waals surface area contributed by atoms with Crippen LogP contribution in [0.4, 0.5) is 10.5 Å². The summed E-state index contributed by atoms with van der Waals surface area (Å²) in [6.07, 6.45) is 0.559. The molecule has 2 unspecified atom stereocenters. The first-order valence-electron chi connectivity index (χ1n) is 10.8. The maximum atomic E-state index is 12.9. The fourth-order valence-corrected chi connectivity index (χ4v) is 3.22. The Hall–Kier alpha value is -3.99. The number of carbonyl (C=O) groups is 3. The molecule has 0 aliphatic carbocycles. The number of halogens is 1. The average molecular weight is 502 g/mol. The summed E-state index contributed by atoms with van der Waals surface area (Å²) in [4.78, 5) is 37.0. The van der Waals surface area contributed by atoms with E-state index in [0.29, 0.717) is 17.1 Å². The van der Waals surface area contributed by atoms with E-state index < -0.39 is 30.0 Å². The van der Waals surface area contributed by atoms with Crippen LogP contribution >= 0.6 is 11.6 Å². The summed E-state index contributed by atoms with van der Waals surface area (Å²) in [6, 6.07) is 10.7. The number of aryl methyl sites for hydroxylation is 1. The van der Waals surface area contributed by atoms with E-state index in [0.717, 1.165) is 11.1 Å². The number of nitrogens with zero attached hydrogens (tertiary/aromatic N) is 2. The lowest BCUT2D eigenvalue weighted by atomic mass is 10.0. The van der Waals surface area contributed by atoms with Crippen LogP contribution < -0.4 is 21.7 Å². The Labute approximate surface area is 207 Å². The number of carboxylic acids is 1. The lowest BCUT2D eigenvalue weighted by molar-refractivity contribution is -0.142. The standard InChI is InChI=1S/C23H28ClN7O4/c1-14-9-10-16(13-17(14)24)30-31-23(35)29-19(12-15-6-3-2-4-7-15)20(32)28-18(21(33)34)8-5-11-27-22(25)26/h2-4,6-7,9-10,13,18-19H,5,8,11-12H2,1H3,(H,28,32)(H,29,35)(H,33,34)(H4,25,26,27)/b31-30+. The molecule has 0 bridgehead atoms. The van der Waals surface area contributed by atoms with Crippen LogP contribution in [-0.4, -0.2) is 47.6 Å². The Kier molecular flexibility index (Phi) is 10.6. The molecule has 0 saturated carbocycles. The zero-order valence-electron chi connectivity index (χ0n) is 19.1. The summed E-state index contributed by atoms with van der Waals surface area (Å²) < 4.78 is 0. The van der Waals surface area contributed by atoms with Crippen molar-refractivity contribution in [3.63, 3.8) is 0 Å². The van der Waals surface area contributed by atoms with E-state index in [2.05, 4.69) is 26.2 Å². The third kappa shape index (κ3) is 9.80. The highest BCUT2D eigenvalue weighted by Gasteiger charge is 2.26. The van der Waals surface area contributed by atoms with Crippen molar-refractivity contribution in [1.82, 2.24) is 16.0 Å². The topological polar surface area (TPSA) is 182 Å². The second-order valence-electron chi connectivity index (χ2n) is 7.71. The van der Waals surface area contributed by atoms with E-state index in [4.69, 9.17) is 22.7 Å². The third-order valence-corrected chi connectivity index (χ3v) is 5.32. The van der Waals surface area contributed by atoms with E-state index in [9.17, 15) is 19.5 Å². The molecule has 2 rings (SSSR count). The van der Waals surface area contributed by atoms with Gasteiger partial charge in [0.25, 0.3) is 0 Å². The van der Waals surface area contributed by atoms with Crippen LogP contribution in [0.15, 0.2) is 58.8 Å². The van der Waals surface area contributed by atoms with Gasteiger partial charge in [0, 0.05) is 18.0 Å². The molecule has 0 fully saturated rings. The number of rotatable bonds is 11. The van der Waals surface area contributed by atoms with Crippen LogP contribution in [0.25, 0.3) is 0 Å². The first-order valence-corrected chi connectivity index (χ1v) is 11.2. The highest BCUT2D eigenvalue weighted by atomic mass is 35.5. The van der Waals surface area contributed by atoms with Crippen molar-refractivity contribution in [3.05, 3.63) is 64.7 Å². The van der Waals surface area contributed by atoms with Gasteiger partial charge in [-0.2, -0.15) is 0 Å². The molecule has 11 nitrogen and oxygen atoms in total. The fourth-order valence-electron chi connectivity index (χ4n) is 3.04. The lowest BCUT2D eigenvalue weighted by Crippen LogP contribution is -2.52. The van der Waals surface area contributed by atoms with E-state index >= 15 is 0 Å². The van der Waals surface area contributed by atoms with Crippen molar-refractivity contribution < 1.29 is 19.5 Å². The summed E-state index contributed by atoms with van der Waals surface area (Å²) in [5.74, 6) is -2.13. The number of urea groups is 1. The summed E-state index contributed by atoms with van der Waals surface area (Å²) in [7, 11) is 0. The maximum absolute atomic E-state index is 12.9. The Balaban J connectivity index is 2.09. The number of hydrogen-bond acceptors (Lipinski definition) is 5. The van der Waals surface area contributed by atoms with Gasteiger partial charge in [0.2, 0.25) is 5.91 Å². The normalized spacial score (nSPS) is 12.5. The Bertz CT molecular complexity index is 1080. The van der Waals surface area contributed by atoms with Gasteiger partial charge in [-0.05, 0) is 43.0 Å². The molecule has 0 aliphatic heterocycles. The molecule has 2 atom stereocenters. The summed E-state index contributed by atoms with van der Waals surface area (Å²) >= 11 is 6.06. The Morgan fingerprint density at radius 3 is 2.46 bits per heavy atom. The largest absolute Gasteiger partial charge is 0.480 e. The number of carboxylic acid groups (broad SMARTS) is 1. The quantitative estimate of drug-likeness (QED) is 0.119. The molecule has 35 heavy (non-hydrogen) atoms. The van der Waals surface area contributed by atoms with Crippen LogP contribution in [0.3, 0.4) is 0 Å². The van der Waals surface area contributed by atoms with E-state index in [1.54, 1.807) is 42.5 Å². The number of aliphatic carboxylic acids is 1. The van der Waals surface area contributed by atoms with Crippen LogP contribution in [0.2, 0.25) is 5.02 Å². The number of azo groups is 1. The second-order valence-corrected chi connectivity index (χ2v) is 8.11. The highest BCUT2D eigenvalue weighted by molar-refractivity contribution is 6.31. The molecule has 7 N–H and O–H groups in total. The molecule has 0 aliphatic rings. The third-order valence-electron chi connectivity index (χ3n) is 4.91. The highest BCUT2D eigenvalue weighted by Crippen LogP contribution is 2.22. The SMILES string of the molecule is Cc1ccc(/N=N/C(=O)NC(Cc2ccccc2)C(=O)NC(CCCNC(=N)N)C(=O)O)cc1Cl. The molecular weight excluding hydrogens is 474 g/mol. The predicted molar refractivity (Wildman–Crippen MR) is 132 cm³/mol. The molecule has 0 saturated heterocycles. The number of nitrogens with two attached hydrogens (primary N) is 1. The molecule has 0 radical (unpaired) electrons. The summed E-state index contributed by atoms with van der Waals surface area (Å²) in [5.41, 5.74) is 7.18. The summed E-state index contributed by atoms with van der Waals surface area (Å²) in [5, 5.41) is 32.1. The van der Waals surface area contributed by atoms with Crippen molar-refractivity contribution in [2.24, 2.45) is 16.0 Å².